The van der Waals surface area contributed by atoms with Crippen LogP contribution in [0.3, 0.4) is 0 Å². The topological polar surface area (TPSA) is 71.2 Å². The van der Waals surface area contributed by atoms with Gasteiger partial charge in [0.1, 0.15) is 0 Å². The zero-order chi connectivity index (χ0) is 15.9. The SMILES string of the molecule is Cl.Cl.NC1(C(=O)Nc2ccc3nc(N4CCCC4)sc3c2)CCCC1. The van der Waals surface area contributed by atoms with Crippen molar-refractivity contribution in [3.8, 4) is 0 Å². The molecule has 1 saturated carbocycles. The molecule has 1 aromatic carbocycles. The Morgan fingerprint density at radius 1 is 1.16 bits per heavy atom. The van der Waals surface area contributed by atoms with Gasteiger partial charge in [-0.2, -0.15) is 0 Å². The highest BCUT2D eigenvalue weighted by atomic mass is 35.5. The fourth-order valence-electron chi connectivity index (χ4n) is 3.52. The number of fused-ring (bicyclic) bond motifs is 1. The first-order chi connectivity index (χ1) is 11.1. The van der Waals surface area contributed by atoms with Crippen LogP contribution in [0, 0.1) is 0 Å². The highest BCUT2D eigenvalue weighted by molar-refractivity contribution is 7.22. The summed E-state index contributed by atoms with van der Waals surface area (Å²) in [5.74, 6) is -0.0568. The number of amides is 1. The minimum absolute atomic E-state index is 0. The Balaban J connectivity index is 0.00000113. The summed E-state index contributed by atoms with van der Waals surface area (Å²) >= 11 is 1.70. The number of rotatable bonds is 3. The Morgan fingerprint density at radius 2 is 1.84 bits per heavy atom. The van der Waals surface area contributed by atoms with E-state index >= 15 is 0 Å². The molecule has 0 radical (unpaired) electrons. The van der Waals surface area contributed by atoms with E-state index in [2.05, 4.69) is 10.2 Å². The number of nitrogens with zero attached hydrogens (tertiary/aromatic N) is 2. The van der Waals surface area contributed by atoms with Crippen molar-refractivity contribution < 1.29 is 4.79 Å². The third-order valence-electron chi connectivity index (χ3n) is 4.96. The molecule has 3 N–H and O–H groups in total. The number of anilines is 2. The average molecular weight is 403 g/mol. The number of aromatic nitrogens is 1. The molecule has 4 rings (SSSR count). The van der Waals surface area contributed by atoms with Crippen molar-refractivity contribution >= 4 is 63.1 Å². The number of benzene rings is 1. The number of halogens is 2. The van der Waals surface area contributed by atoms with E-state index in [-0.39, 0.29) is 30.7 Å². The Labute approximate surface area is 164 Å². The maximum Gasteiger partial charge on any atom is 0.244 e. The molecule has 1 aromatic heterocycles. The van der Waals surface area contributed by atoms with E-state index in [1.54, 1.807) is 11.3 Å². The summed E-state index contributed by atoms with van der Waals surface area (Å²) in [6.45, 7) is 2.19. The molecule has 8 heteroatoms. The van der Waals surface area contributed by atoms with E-state index in [1.165, 1.54) is 12.8 Å². The van der Waals surface area contributed by atoms with Gasteiger partial charge in [0.25, 0.3) is 0 Å². The monoisotopic (exact) mass is 402 g/mol. The lowest BCUT2D eigenvalue weighted by Gasteiger charge is -2.22. The standard InChI is InChI=1S/C17H22N4OS.2ClH/c18-17(7-1-2-8-17)15(22)19-12-5-6-13-14(11-12)23-16(20-13)21-9-3-4-10-21;;/h5-6,11H,1-4,7-10,18H2,(H,19,22);2*1H. The van der Waals surface area contributed by atoms with E-state index in [0.29, 0.717) is 0 Å². The highest BCUT2D eigenvalue weighted by Crippen LogP contribution is 2.33. The number of nitrogens with two attached hydrogens (primary N) is 1. The number of hydrogen-bond donors (Lipinski definition) is 2. The van der Waals surface area contributed by atoms with Gasteiger partial charge in [-0.15, -0.1) is 24.8 Å². The summed E-state index contributed by atoms with van der Waals surface area (Å²) in [5.41, 5.74) is 7.34. The lowest BCUT2D eigenvalue weighted by Crippen LogP contribution is -2.48. The van der Waals surface area contributed by atoms with Crippen molar-refractivity contribution in [3.63, 3.8) is 0 Å². The van der Waals surface area contributed by atoms with Gasteiger partial charge in [-0.05, 0) is 43.9 Å². The molecule has 1 amide bonds. The van der Waals surface area contributed by atoms with Gasteiger partial charge in [0, 0.05) is 18.8 Å². The average Bonchev–Trinajstić information content (AvgIpc) is 3.27. The molecule has 1 saturated heterocycles. The number of thiazole rings is 1. The van der Waals surface area contributed by atoms with Crippen LogP contribution in [0.25, 0.3) is 10.2 Å². The number of hydrogen-bond acceptors (Lipinski definition) is 5. The van der Waals surface area contributed by atoms with Gasteiger partial charge in [-0.25, -0.2) is 4.98 Å². The molecule has 1 aliphatic heterocycles. The molecular weight excluding hydrogens is 379 g/mol. The van der Waals surface area contributed by atoms with Gasteiger partial charge in [-0.3, -0.25) is 4.79 Å². The Hall–Kier alpha value is -1.08. The van der Waals surface area contributed by atoms with Crippen LogP contribution in [0.2, 0.25) is 0 Å². The lowest BCUT2D eigenvalue weighted by atomic mass is 9.98. The predicted octanol–water partition coefficient (Wildman–Crippen LogP) is 3.95. The predicted molar refractivity (Wildman–Crippen MR) is 110 cm³/mol. The summed E-state index contributed by atoms with van der Waals surface area (Å²) in [6.07, 6.45) is 6.13. The first kappa shape index (κ1) is 20.2. The van der Waals surface area contributed by atoms with E-state index in [0.717, 1.165) is 59.8 Å². The summed E-state index contributed by atoms with van der Waals surface area (Å²) in [7, 11) is 0. The Kier molecular flexibility index (Phi) is 6.54. The quantitative estimate of drug-likeness (QED) is 0.814. The fraction of sp³-hybridized carbons (Fsp3) is 0.529. The first-order valence-electron chi connectivity index (χ1n) is 8.40. The summed E-state index contributed by atoms with van der Waals surface area (Å²) in [4.78, 5) is 19.5. The molecule has 0 spiro atoms. The van der Waals surface area contributed by atoms with Gasteiger partial charge in [0.2, 0.25) is 5.91 Å². The zero-order valence-electron chi connectivity index (χ0n) is 14.0. The van der Waals surface area contributed by atoms with Gasteiger partial charge in [0.05, 0.1) is 15.8 Å². The molecule has 2 heterocycles. The Bertz CT molecular complexity index is 739. The molecule has 25 heavy (non-hydrogen) atoms. The number of nitrogens with one attached hydrogen (secondary N) is 1. The van der Waals surface area contributed by atoms with Crippen molar-refractivity contribution in [1.29, 1.82) is 0 Å². The van der Waals surface area contributed by atoms with E-state index in [4.69, 9.17) is 10.7 Å². The molecular formula is C17H24Cl2N4OS. The lowest BCUT2D eigenvalue weighted by molar-refractivity contribution is -0.121. The maximum absolute atomic E-state index is 12.4. The molecule has 0 unspecified atom stereocenters. The van der Waals surface area contributed by atoms with Crippen LogP contribution in [0.1, 0.15) is 38.5 Å². The van der Waals surface area contributed by atoms with Crippen LogP contribution in [0.15, 0.2) is 18.2 Å². The molecule has 2 aliphatic rings. The molecule has 0 atom stereocenters. The first-order valence-corrected chi connectivity index (χ1v) is 9.22. The summed E-state index contributed by atoms with van der Waals surface area (Å²) in [5, 5.41) is 4.09. The molecule has 138 valence electrons. The third-order valence-corrected chi connectivity index (χ3v) is 6.04. The van der Waals surface area contributed by atoms with Crippen LogP contribution in [-0.2, 0) is 4.79 Å². The summed E-state index contributed by atoms with van der Waals surface area (Å²) < 4.78 is 1.11. The molecule has 2 aromatic rings. The minimum atomic E-state index is -0.691. The number of carbonyl (C=O) groups excluding carboxylic acids is 1. The van der Waals surface area contributed by atoms with Crippen LogP contribution >= 0.6 is 36.2 Å². The Morgan fingerprint density at radius 3 is 2.52 bits per heavy atom. The smallest absolute Gasteiger partial charge is 0.244 e. The van der Waals surface area contributed by atoms with Gasteiger partial charge in [-0.1, -0.05) is 24.2 Å². The van der Waals surface area contributed by atoms with Crippen molar-refractivity contribution in [2.75, 3.05) is 23.3 Å². The van der Waals surface area contributed by atoms with E-state index in [9.17, 15) is 4.79 Å². The van der Waals surface area contributed by atoms with Crippen molar-refractivity contribution in [2.24, 2.45) is 5.73 Å². The molecule has 5 nitrogen and oxygen atoms in total. The second-order valence-corrected chi connectivity index (χ2v) is 7.70. The van der Waals surface area contributed by atoms with Crippen molar-refractivity contribution in [2.45, 2.75) is 44.1 Å². The fourth-order valence-corrected chi connectivity index (χ4v) is 4.58. The van der Waals surface area contributed by atoms with Crippen LogP contribution in [-0.4, -0.2) is 29.5 Å². The van der Waals surface area contributed by atoms with Crippen LogP contribution in [0.4, 0.5) is 10.8 Å². The van der Waals surface area contributed by atoms with Crippen molar-refractivity contribution in [1.82, 2.24) is 4.98 Å². The summed E-state index contributed by atoms with van der Waals surface area (Å²) in [6, 6.07) is 5.92. The molecule has 0 bridgehead atoms. The van der Waals surface area contributed by atoms with E-state index in [1.807, 2.05) is 18.2 Å². The molecule has 1 aliphatic carbocycles. The normalized spacial score (nSPS) is 18.7. The molecule has 2 fully saturated rings. The van der Waals surface area contributed by atoms with Crippen molar-refractivity contribution in [3.05, 3.63) is 18.2 Å². The highest BCUT2D eigenvalue weighted by Gasteiger charge is 2.37. The third kappa shape index (κ3) is 4.03. The number of carbonyl (C=O) groups is 1. The maximum atomic E-state index is 12.4. The second kappa shape index (κ2) is 8.08. The second-order valence-electron chi connectivity index (χ2n) is 6.69. The van der Waals surface area contributed by atoms with E-state index < -0.39 is 5.54 Å². The largest absolute Gasteiger partial charge is 0.348 e. The van der Waals surface area contributed by atoms with Gasteiger partial charge < -0.3 is 16.0 Å². The zero-order valence-corrected chi connectivity index (χ0v) is 16.4. The van der Waals surface area contributed by atoms with Gasteiger partial charge >= 0.3 is 0 Å². The minimum Gasteiger partial charge on any atom is -0.348 e. The van der Waals surface area contributed by atoms with Crippen LogP contribution in [0.5, 0.6) is 0 Å². The van der Waals surface area contributed by atoms with Crippen LogP contribution < -0.4 is 16.0 Å². The van der Waals surface area contributed by atoms with Gasteiger partial charge in [0.15, 0.2) is 5.13 Å².